The van der Waals surface area contributed by atoms with Crippen molar-refractivity contribution in [2.45, 2.75) is 0 Å². The van der Waals surface area contributed by atoms with Crippen LogP contribution in [0.2, 0.25) is 0 Å². The summed E-state index contributed by atoms with van der Waals surface area (Å²) in [6.45, 7) is -0.0431. The van der Waals surface area contributed by atoms with E-state index in [-0.39, 0.29) is 11.3 Å². The van der Waals surface area contributed by atoms with Gasteiger partial charge in [0.25, 0.3) is 5.91 Å². The number of Topliss-reactive ketones (excluding diaryl/α,β-unsaturated/α-hetero) is 1. The van der Waals surface area contributed by atoms with Crippen LogP contribution in [-0.4, -0.2) is 44.1 Å². The lowest BCUT2D eigenvalue weighted by atomic mass is 10.1. The van der Waals surface area contributed by atoms with Gasteiger partial charge >= 0.3 is 5.97 Å². The molecule has 0 aromatic heterocycles. The molecule has 8 nitrogen and oxygen atoms in total. The zero-order valence-electron chi connectivity index (χ0n) is 14.3. The number of benzene rings is 2. The first kappa shape index (κ1) is 18.2. The van der Waals surface area contributed by atoms with Crippen LogP contribution in [0.3, 0.4) is 0 Å². The average molecular weight is 371 g/mol. The molecule has 0 aliphatic carbocycles. The zero-order chi connectivity index (χ0) is 19.2. The molecule has 3 rings (SSSR count). The lowest BCUT2D eigenvalue weighted by molar-refractivity contribution is -0.144. The minimum absolute atomic E-state index is 0.151. The first-order valence-electron chi connectivity index (χ1n) is 8.14. The summed E-state index contributed by atoms with van der Waals surface area (Å²) < 4.78 is 21.0. The van der Waals surface area contributed by atoms with Crippen molar-refractivity contribution in [1.29, 1.82) is 0 Å². The second kappa shape index (κ2) is 8.22. The minimum atomic E-state index is -0.750. The fraction of sp³-hybridized carbons (Fsp3) is 0.211. The Morgan fingerprint density at radius 2 is 1.70 bits per heavy atom. The number of carbonyl (C=O) groups excluding carboxylic acids is 3. The van der Waals surface area contributed by atoms with Crippen molar-refractivity contribution >= 4 is 17.7 Å². The van der Waals surface area contributed by atoms with E-state index in [1.807, 2.05) is 0 Å². The molecule has 1 aliphatic heterocycles. The summed E-state index contributed by atoms with van der Waals surface area (Å²) in [6, 6.07) is 11.0. The van der Waals surface area contributed by atoms with Crippen LogP contribution in [0.25, 0.3) is 0 Å². The lowest BCUT2D eigenvalue weighted by Crippen LogP contribution is -2.21. The van der Waals surface area contributed by atoms with Crippen LogP contribution in [0.4, 0.5) is 0 Å². The molecule has 0 atom stereocenters. The largest absolute Gasteiger partial charge is 0.486 e. The van der Waals surface area contributed by atoms with Gasteiger partial charge in [-0.05, 0) is 30.3 Å². The smallest absolute Gasteiger partial charge is 0.344 e. The molecular formula is C19H17NO7. The van der Waals surface area contributed by atoms with Gasteiger partial charge in [0.15, 0.2) is 30.5 Å². The Kier molecular flexibility index (Phi) is 5.55. The number of para-hydroxylation sites is 1. The van der Waals surface area contributed by atoms with Crippen molar-refractivity contribution in [3.63, 3.8) is 0 Å². The Morgan fingerprint density at radius 3 is 2.48 bits per heavy atom. The molecule has 0 fully saturated rings. The first-order valence-corrected chi connectivity index (χ1v) is 8.14. The number of hydrogen-bond donors (Lipinski definition) is 1. The maximum atomic E-state index is 12.2. The van der Waals surface area contributed by atoms with Gasteiger partial charge < -0.3 is 24.7 Å². The maximum Gasteiger partial charge on any atom is 0.344 e. The first-order chi connectivity index (χ1) is 13.0. The fourth-order valence-corrected chi connectivity index (χ4v) is 2.42. The maximum absolute atomic E-state index is 12.2. The summed E-state index contributed by atoms with van der Waals surface area (Å²) in [6.07, 6.45) is 0. The van der Waals surface area contributed by atoms with Crippen molar-refractivity contribution in [3.05, 3.63) is 53.6 Å². The molecule has 1 amide bonds. The molecule has 0 radical (unpaired) electrons. The number of ether oxygens (including phenoxy) is 4. The topological polar surface area (TPSA) is 114 Å². The van der Waals surface area contributed by atoms with E-state index in [0.717, 1.165) is 0 Å². The van der Waals surface area contributed by atoms with E-state index in [1.54, 1.807) is 30.3 Å². The number of primary amides is 1. The number of rotatable bonds is 7. The number of hydrogen-bond acceptors (Lipinski definition) is 7. The standard InChI is InChI=1S/C19H17NO7/c20-19(23)13-3-1-2-4-15(13)26-11-18(22)27-10-14(21)12-5-6-16-17(9-12)25-8-7-24-16/h1-6,9H,7-8,10-11H2,(H2,20,23). The van der Waals surface area contributed by atoms with E-state index in [1.165, 1.54) is 12.1 Å². The van der Waals surface area contributed by atoms with Gasteiger partial charge in [0, 0.05) is 5.56 Å². The zero-order valence-corrected chi connectivity index (χ0v) is 14.3. The highest BCUT2D eigenvalue weighted by Gasteiger charge is 2.17. The van der Waals surface area contributed by atoms with Gasteiger partial charge in [-0.3, -0.25) is 9.59 Å². The predicted octanol–water partition coefficient (Wildman–Crippen LogP) is 1.36. The number of esters is 1. The highest BCUT2D eigenvalue weighted by Crippen LogP contribution is 2.30. The number of ketones is 1. The molecule has 8 heteroatoms. The highest BCUT2D eigenvalue weighted by atomic mass is 16.6. The Morgan fingerprint density at radius 1 is 0.963 bits per heavy atom. The third-order valence-electron chi connectivity index (χ3n) is 3.73. The normalized spacial score (nSPS) is 12.1. The number of fused-ring (bicyclic) bond motifs is 1. The van der Waals surface area contributed by atoms with Gasteiger partial charge in [-0.2, -0.15) is 0 Å². The van der Waals surface area contributed by atoms with Gasteiger partial charge in [0.05, 0.1) is 5.56 Å². The molecule has 140 valence electrons. The van der Waals surface area contributed by atoms with Crippen molar-refractivity contribution in [2.75, 3.05) is 26.4 Å². The van der Waals surface area contributed by atoms with Crippen LogP contribution in [-0.2, 0) is 9.53 Å². The summed E-state index contributed by atoms with van der Waals surface area (Å²) in [7, 11) is 0. The third kappa shape index (κ3) is 4.55. The molecule has 1 aliphatic rings. The molecule has 1 heterocycles. The van der Waals surface area contributed by atoms with Crippen molar-refractivity contribution < 1.29 is 33.3 Å². The van der Waals surface area contributed by atoms with E-state index in [9.17, 15) is 14.4 Å². The van der Waals surface area contributed by atoms with Crippen LogP contribution in [0.1, 0.15) is 20.7 Å². The minimum Gasteiger partial charge on any atom is -0.486 e. The molecule has 27 heavy (non-hydrogen) atoms. The summed E-state index contributed by atoms with van der Waals surface area (Å²) in [4.78, 5) is 35.3. The van der Waals surface area contributed by atoms with Crippen molar-refractivity contribution in [3.8, 4) is 17.2 Å². The number of amides is 1. The molecule has 0 bridgehead atoms. The number of carbonyl (C=O) groups is 3. The second-order valence-electron chi connectivity index (χ2n) is 5.59. The molecule has 0 saturated carbocycles. The van der Waals surface area contributed by atoms with E-state index >= 15 is 0 Å². The predicted molar refractivity (Wildman–Crippen MR) is 93.2 cm³/mol. The Balaban J connectivity index is 1.52. The SMILES string of the molecule is NC(=O)c1ccccc1OCC(=O)OCC(=O)c1ccc2c(c1)OCCO2. The van der Waals surface area contributed by atoms with Crippen LogP contribution in [0.15, 0.2) is 42.5 Å². The van der Waals surface area contributed by atoms with Gasteiger partial charge in [-0.25, -0.2) is 4.79 Å². The summed E-state index contributed by atoms with van der Waals surface area (Å²) >= 11 is 0. The van der Waals surface area contributed by atoms with Gasteiger partial charge in [0.2, 0.25) is 0 Å². The summed E-state index contributed by atoms with van der Waals surface area (Å²) in [5.41, 5.74) is 5.72. The summed E-state index contributed by atoms with van der Waals surface area (Å²) in [5.74, 6) is -0.605. The van der Waals surface area contributed by atoms with E-state index < -0.39 is 30.9 Å². The van der Waals surface area contributed by atoms with Crippen molar-refractivity contribution in [1.82, 2.24) is 0 Å². The Hall–Kier alpha value is -3.55. The Bertz CT molecular complexity index is 878. The third-order valence-corrected chi connectivity index (χ3v) is 3.73. The second-order valence-corrected chi connectivity index (χ2v) is 5.59. The quantitative estimate of drug-likeness (QED) is 0.577. The molecule has 2 aromatic carbocycles. The van der Waals surface area contributed by atoms with Crippen LogP contribution < -0.4 is 19.9 Å². The van der Waals surface area contributed by atoms with E-state index in [4.69, 9.17) is 24.7 Å². The fourth-order valence-electron chi connectivity index (χ4n) is 2.42. The Labute approximate surface area is 154 Å². The number of nitrogens with two attached hydrogens (primary N) is 1. The van der Waals surface area contributed by atoms with Crippen LogP contribution in [0, 0.1) is 0 Å². The molecule has 0 saturated heterocycles. The van der Waals surface area contributed by atoms with Crippen LogP contribution in [0.5, 0.6) is 17.2 Å². The lowest BCUT2D eigenvalue weighted by Gasteiger charge is -2.18. The monoisotopic (exact) mass is 371 g/mol. The van der Waals surface area contributed by atoms with E-state index in [2.05, 4.69) is 0 Å². The molecule has 0 spiro atoms. The highest BCUT2D eigenvalue weighted by molar-refractivity contribution is 5.98. The average Bonchev–Trinajstić information content (AvgIpc) is 2.70. The van der Waals surface area contributed by atoms with E-state index in [0.29, 0.717) is 30.3 Å². The molecule has 2 aromatic rings. The van der Waals surface area contributed by atoms with Gasteiger partial charge in [-0.15, -0.1) is 0 Å². The summed E-state index contributed by atoms with van der Waals surface area (Å²) in [5, 5.41) is 0. The van der Waals surface area contributed by atoms with Gasteiger partial charge in [0.1, 0.15) is 19.0 Å². The van der Waals surface area contributed by atoms with Crippen LogP contribution >= 0.6 is 0 Å². The van der Waals surface area contributed by atoms with Gasteiger partial charge in [-0.1, -0.05) is 12.1 Å². The molecule has 0 unspecified atom stereocenters. The molecule has 2 N–H and O–H groups in total. The molecular weight excluding hydrogens is 354 g/mol. The van der Waals surface area contributed by atoms with Crippen molar-refractivity contribution in [2.24, 2.45) is 5.73 Å².